The minimum Gasteiger partial charge on any atom is -0.406 e. The number of ketones is 1. The first-order chi connectivity index (χ1) is 19.5. The molecule has 10 heteroatoms. The highest BCUT2D eigenvalue weighted by Crippen LogP contribution is 2.25. The van der Waals surface area contributed by atoms with Crippen LogP contribution in [0.5, 0.6) is 5.75 Å². The van der Waals surface area contributed by atoms with Crippen LogP contribution < -0.4 is 4.74 Å². The monoisotopic (exact) mass is 583 g/mol. The van der Waals surface area contributed by atoms with E-state index < -0.39 is 6.36 Å². The van der Waals surface area contributed by atoms with E-state index in [0.717, 1.165) is 22.3 Å². The first-order valence-electron chi connectivity index (χ1n) is 13.2. The van der Waals surface area contributed by atoms with Crippen molar-refractivity contribution in [2.24, 2.45) is 0 Å². The van der Waals surface area contributed by atoms with Gasteiger partial charge in [0.15, 0.2) is 5.82 Å². The Morgan fingerprint density at radius 1 is 1.05 bits per heavy atom. The standard InChI is InChI=1S/C31H29F4N3O2S/c1-20(2)29-17-24(32)10-9-22(29)16-28(41)18-26(39)8-4-6-21-5-3-7-23(15-21)30-36-19-38(37-30)25-11-13-27(14-12-25)40-31(33,34)35/h3,5,7,9-15,17,19-20H,4,6,8,16,18H2,1-2H3. The summed E-state index contributed by atoms with van der Waals surface area (Å²) in [6, 6.07) is 17.7. The normalized spacial score (nSPS) is 11.6. The van der Waals surface area contributed by atoms with E-state index >= 15 is 0 Å². The van der Waals surface area contributed by atoms with Crippen molar-refractivity contribution in [1.29, 1.82) is 0 Å². The van der Waals surface area contributed by atoms with Crippen LogP contribution in [0.4, 0.5) is 17.6 Å². The molecule has 4 rings (SSSR count). The highest BCUT2D eigenvalue weighted by atomic mass is 32.1. The third kappa shape index (κ3) is 8.78. The number of hydrogen-bond acceptors (Lipinski definition) is 5. The summed E-state index contributed by atoms with van der Waals surface area (Å²) >= 11 is 5.49. The zero-order valence-corrected chi connectivity index (χ0v) is 23.4. The Kier molecular flexibility index (Phi) is 9.65. The highest BCUT2D eigenvalue weighted by molar-refractivity contribution is 7.80. The maximum absolute atomic E-state index is 13.7. The second kappa shape index (κ2) is 13.2. The lowest BCUT2D eigenvalue weighted by Crippen LogP contribution is -2.17. The number of benzene rings is 3. The van der Waals surface area contributed by atoms with Gasteiger partial charge in [0.05, 0.1) is 5.69 Å². The van der Waals surface area contributed by atoms with Crippen molar-refractivity contribution in [3.8, 4) is 22.8 Å². The van der Waals surface area contributed by atoms with Gasteiger partial charge in [-0.05, 0) is 77.9 Å². The molecule has 1 heterocycles. The van der Waals surface area contributed by atoms with Crippen molar-refractivity contribution in [1.82, 2.24) is 14.8 Å². The molecule has 4 aromatic rings. The van der Waals surface area contributed by atoms with E-state index in [1.807, 2.05) is 38.1 Å². The minimum absolute atomic E-state index is 0.0754. The van der Waals surface area contributed by atoms with Crippen LogP contribution in [0.2, 0.25) is 0 Å². The van der Waals surface area contributed by atoms with Crippen LogP contribution in [-0.4, -0.2) is 31.8 Å². The summed E-state index contributed by atoms with van der Waals surface area (Å²) in [7, 11) is 0. The lowest BCUT2D eigenvalue weighted by atomic mass is 9.93. The van der Waals surface area contributed by atoms with E-state index in [2.05, 4.69) is 14.8 Å². The summed E-state index contributed by atoms with van der Waals surface area (Å²) in [6.45, 7) is 4.00. The molecule has 0 aliphatic rings. The largest absolute Gasteiger partial charge is 0.573 e. The average molecular weight is 584 g/mol. The fourth-order valence-electron chi connectivity index (χ4n) is 4.52. The van der Waals surface area contributed by atoms with Gasteiger partial charge in [-0.3, -0.25) is 4.79 Å². The number of alkyl halides is 3. The predicted octanol–water partition coefficient (Wildman–Crippen LogP) is 7.99. The predicted molar refractivity (Wildman–Crippen MR) is 153 cm³/mol. The summed E-state index contributed by atoms with van der Waals surface area (Å²) in [5.41, 5.74) is 4.21. The van der Waals surface area contributed by atoms with Crippen LogP contribution in [-0.2, 0) is 17.6 Å². The van der Waals surface area contributed by atoms with Crippen molar-refractivity contribution in [3.63, 3.8) is 0 Å². The van der Waals surface area contributed by atoms with Crippen LogP contribution in [0.15, 0.2) is 73.1 Å². The molecule has 0 bridgehead atoms. The van der Waals surface area contributed by atoms with Crippen LogP contribution >= 0.6 is 12.2 Å². The fourth-order valence-corrected chi connectivity index (χ4v) is 4.84. The molecular formula is C31H29F4N3O2S. The smallest absolute Gasteiger partial charge is 0.406 e. The van der Waals surface area contributed by atoms with Gasteiger partial charge in [0.1, 0.15) is 23.7 Å². The summed E-state index contributed by atoms with van der Waals surface area (Å²) in [6.07, 6.45) is -0.839. The van der Waals surface area contributed by atoms with Crippen LogP contribution in [0.25, 0.3) is 17.1 Å². The molecule has 3 aromatic carbocycles. The maximum atomic E-state index is 13.7. The number of nitrogens with zero attached hydrogens (tertiary/aromatic N) is 3. The van der Waals surface area contributed by atoms with Gasteiger partial charge in [0.2, 0.25) is 0 Å². The van der Waals surface area contributed by atoms with E-state index in [-0.39, 0.29) is 29.7 Å². The van der Waals surface area contributed by atoms with Gasteiger partial charge in [0.25, 0.3) is 0 Å². The number of aryl methyl sites for hydroxylation is 1. The quantitative estimate of drug-likeness (QED) is 0.125. The first-order valence-corrected chi connectivity index (χ1v) is 13.6. The van der Waals surface area contributed by atoms with Gasteiger partial charge < -0.3 is 4.74 Å². The number of rotatable bonds is 12. The number of halogens is 4. The molecule has 0 aliphatic carbocycles. The molecule has 0 N–H and O–H groups in total. The van der Waals surface area contributed by atoms with Crippen molar-refractivity contribution >= 4 is 22.9 Å². The zero-order valence-electron chi connectivity index (χ0n) is 22.6. The van der Waals surface area contributed by atoms with Gasteiger partial charge in [-0.1, -0.05) is 50.3 Å². The molecule has 0 amide bonds. The van der Waals surface area contributed by atoms with Gasteiger partial charge >= 0.3 is 6.36 Å². The Morgan fingerprint density at radius 2 is 1.80 bits per heavy atom. The van der Waals surface area contributed by atoms with Crippen LogP contribution in [0.1, 0.15) is 55.7 Å². The number of carbonyl (C=O) groups is 1. The van der Waals surface area contributed by atoms with E-state index in [0.29, 0.717) is 42.1 Å². The second-order valence-corrected chi connectivity index (χ2v) is 10.6. The topological polar surface area (TPSA) is 57.0 Å². The first kappa shape index (κ1) is 30.0. The van der Waals surface area contributed by atoms with Crippen LogP contribution in [0, 0.1) is 5.82 Å². The van der Waals surface area contributed by atoms with E-state index in [1.165, 1.54) is 47.4 Å². The summed E-state index contributed by atoms with van der Waals surface area (Å²) in [5.74, 6) is 0.104. The Morgan fingerprint density at radius 3 is 2.51 bits per heavy atom. The zero-order chi connectivity index (χ0) is 29.6. The Balaban J connectivity index is 1.29. The van der Waals surface area contributed by atoms with Gasteiger partial charge in [-0.2, -0.15) is 0 Å². The molecule has 0 saturated heterocycles. The summed E-state index contributed by atoms with van der Waals surface area (Å²) < 4.78 is 56.2. The average Bonchev–Trinajstić information content (AvgIpc) is 3.40. The van der Waals surface area contributed by atoms with Crippen LogP contribution in [0.3, 0.4) is 0 Å². The van der Waals surface area contributed by atoms with E-state index in [1.54, 1.807) is 6.07 Å². The molecule has 214 valence electrons. The second-order valence-electron chi connectivity index (χ2n) is 10.0. The van der Waals surface area contributed by atoms with Crippen molar-refractivity contribution in [2.45, 2.75) is 58.2 Å². The number of Topliss-reactive ketones (excluding diaryl/α,β-unsaturated/α-hetero) is 1. The Hall–Kier alpha value is -3.92. The third-order valence-corrected chi connectivity index (χ3v) is 6.73. The van der Waals surface area contributed by atoms with Crippen molar-refractivity contribution < 1.29 is 27.1 Å². The Bertz CT molecular complexity index is 1510. The molecular weight excluding hydrogens is 554 g/mol. The fraction of sp³-hybridized carbons (Fsp3) is 0.290. The van der Waals surface area contributed by atoms with E-state index in [4.69, 9.17) is 12.2 Å². The molecule has 5 nitrogen and oxygen atoms in total. The molecule has 0 fully saturated rings. The number of ether oxygens (including phenoxy) is 1. The van der Waals surface area contributed by atoms with Gasteiger partial charge in [0, 0.05) is 29.7 Å². The SMILES string of the molecule is CC(C)c1cc(F)ccc1CC(=S)CC(=O)CCCc1cccc(-c2ncn(-c3ccc(OC(F)(F)F)cc3)n2)c1. The van der Waals surface area contributed by atoms with E-state index in [9.17, 15) is 22.4 Å². The molecule has 1 aromatic heterocycles. The van der Waals surface area contributed by atoms with Crippen molar-refractivity contribution in [2.75, 3.05) is 0 Å². The maximum Gasteiger partial charge on any atom is 0.573 e. The third-order valence-electron chi connectivity index (χ3n) is 6.44. The number of aromatic nitrogens is 3. The molecule has 0 spiro atoms. The highest BCUT2D eigenvalue weighted by Gasteiger charge is 2.31. The lowest BCUT2D eigenvalue weighted by Gasteiger charge is -2.13. The number of thiocarbonyl (C=S) groups is 1. The van der Waals surface area contributed by atoms with Gasteiger partial charge in [-0.25, -0.2) is 14.1 Å². The summed E-state index contributed by atoms with van der Waals surface area (Å²) in [4.78, 5) is 17.6. The lowest BCUT2D eigenvalue weighted by molar-refractivity contribution is -0.274. The molecule has 0 radical (unpaired) electrons. The van der Waals surface area contributed by atoms with Gasteiger partial charge in [-0.15, -0.1) is 18.3 Å². The molecule has 41 heavy (non-hydrogen) atoms. The minimum atomic E-state index is -4.75. The Labute approximate surface area is 241 Å². The molecule has 0 saturated carbocycles. The molecule has 0 aliphatic heterocycles. The molecule has 0 unspecified atom stereocenters. The number of carbonyl (C=O) groups excluding carboxylic acids is 1. The number of hydrogen-bond donors (Lipinski definition) is 0. The van der Waals surface area contributed by atoms with Crippen molar-refractivity contribution in [3.05, 3.63) is 95.6 Å². The summed E-state index contributed by atoms with van der Waals surface area (Å²) in [5, 5.41) is 4.45. The molecule has 0 atom stereocenters.